The summed E-state index contributed by atoms with van der Waals surface area (Å²) in [5.41, 5.74) is 0. The van der Waals surface area contributed by atoms with Gasteiger partial charge in [-0.25, -0.2) is 0 Å². The second-order valence-electron chi connectivity index (χ2n) is 5.15. The average Bonchev–Trinajstić information content (AvgIpc) is 3.00. The Kier molecular flexibility index (Phi) is 3.85. The van der Waals surface area contributed by atoms with Gasteiger partial charge in [0.1, 0.15) is 0 Å². The van der Waals surface area contributed by atoms with Crippen LogP contribution in [0.15, 0.2) is 15.9 Å². The molecule has 0 aromatic carbocycles. The maximum atomic E-state index is 3.53. The highest BCUT2D eigenvalue weighted by Gasteiger charge is 2.29. The fourth-order valence-electron chi connectivity index (χ4n) is 3.02. The molecule has 1 unspecified atom stereocenters. The van der Waals surface area contributed by atoms with Gasteiger partial charge in [-0.05, 0) is 54.3 Å². The maximum Gasteiger partial charge on any atom is 0.0328 e. The van der Waals surface area contributed by atoms with Gasteiger partial charge in [-0.15, -0.1) is 11.3 Å². The highest BCUT2D eigenvalue weighted by atomic mass is 79.9. The molecule has 4 heteroatoms. The van der Waals surface area contributed by atoms with Gasteiger partial charge in [0.2, 0.25) is 0 Å². The summed E-state index contributed by atoms with van der Waals surface area (Å²) in [5, 5.41) is 2.18. The minimum atomic E-state index is 0.834. The van der Waals surface area contributed by atoms with Crippen LogP contribution in [0.5, 0.6) is 0 Å². The maximum absolute atomic E-state index is 3.53. The van der Waals surface area contributed by atoms with Gasteiger partial charge in [-0.2, -0.15) is 0 Å². The monoisotopic (exact) mass is 314 g/mol. The third-order valence-corrected chi connectivity index (χ3v) is 5.59. The van der Waals surface area contributed by atoms with Crippen LogP contribution in [0.2, 0.25) is 0 Å². The number of rotatable bonds is 3. The second kappa shape index (κ2) is 5.39. The molecule has 2 nitrogen and oxygen atoms in total. The van der Waals surface area contributed by atoms with Crippen LogP contribution in [-0.2, 0) is 6.54 Å². The van der Waals surface area contributed by atoms with Gasteiger partial charge >= 0.3 is 0 Å². The first-order valence-electron chi connectivity index (χ1n) is 6.50. The van der Waals surface area contributed by atoms with E-state index in [1.165, 1.54) is 54.8 Å². The molecule has 0 aliphatic carbocycles. The van der Waals surface area contributed by atoms with E-state index in [9.17, 15) is 0 Å². The molecule has 0 bridgehead atoms. The molecule has 1 aromatic rings. The van der Waals surface area contributed by atoms with E-state index >= 15 is 0 Å². The highest BCUT2D eigenvalue weighted by Crippen LogP contribution is 2.25. The van der Waals surface area contributed by atoms with E-state index in [-0.39, 0.29) is 0 Å². The van der Waals surface area contributed by atoms with Gasteiger partial charge in [0.25, 0.3) is 0 Å². The topological polar surface area (TPSA) is 6.48 Å². The van der Waals surface area contributed by atoms with Crippen molar-refractivity contribution in [1.29, 1.82) is 0 Å². The molecule has 3 heterocycles. The Morgan fingerprint density at radius 2 is 2.12 bits per heavy atom. The van der Waals surface area contributed by atoms with Crippen LogP contribution in [0.3, 0.4) is 0 Å². The lowest BCUT2D eigenvalue weighted by molar-refractivity contribution is 0.230. The molecule has 1 aromatic heterocycles. The van der Waals surface area contributed by atoms with E-state index in [2.05, 4.69) is 37.2 Å². The summed E-state index contributed by atoms with van der Waals surface area (Å²) in [6, 6.07) is 3.09. The third-order valence-electron chi connectivity index (χ3n) is 3.91. The first-order chi connectivity index (χ1) is 8.31. The molecular weight excluding hydrogens is 296 g/mol. The normalized spacial score (nSPS) is 27.0. The minimum absolute atomic E-state index is 0.834. The number of hydrogen-bond donors (Lipinski definition) is 0. The molecule has 0 amide bonds. The second-order valence-corrected chi connectivity index (χ2v) is 7.06. The Hall–Kier alpha value is 0.1000. The SMILES string of the molecule is Brc1csc(CN2CCC(N3CCCC3)C2)c1. The van der Waals surface area contributed by atoms with E-state index in [0.717, 1.165) is 12.6 Å². The Morgan fingerprint density at radius 3 is 2.82 bits per heavy atom. The smallest absolute Gasteiger partial charge is 0.0328 e. The van der Waals surface area contributed by atoms with E-state index in [4.69, 9.17) is 0 Å². The summed E-state index contributed by atoms with van der Waals surface area (Å²) in [5.74, 6) is 0. The lowest BCUT2D eigenvalue weighted by Crippen LogP contribution is -2.35. The summed E-state index contributed by atoms with van der Waals surface area (Å²) in [7, 11) is 0. The molecule has 2 fully saturated rings. The summed E-state index contributed by atoms with van der Waals surface area (Å²) in [6.07, 6.45) is 4.19. The fraction of sp³-hybridized carbons (Fsp3) is 0.692. The van der Waals surface area contributed by atoms with Crippen molar-refractivity contribution in [2.75, 3.05) is 26.2 Å². The lowest BCUT2D eigenvalue weighted by Gasteiger charge is -2.23. The molecule has 3 rings (SSSR count). The molecule has 2 aliphatic heterocycles. The number of thiophene rings is 1. The van der Waals surface area contributed by atoms with Crippen molar-refractivity contribution in [3.8, 4) is 0 Å². The summed E-state index contributed by atoms with van der Waals surface area (Å²) in [4.78, 5) is 6.80. The largest absolute Gasteiger partial charge is 0.299 e. The molecule has 2 aliphatic rings. The average molecular weight is 315 g/mol. The zero-order valence-electron chi connectivity index (χ0n) is 10.1. The lowest BCUT2D eigenvalue weighted by atomic mass is 10.2. The molecule has 0 N–H and O–H groups in total. The van der Waals surface area contributed by atoms with Gasteiger partial charge < -0.3 is 0 Å². The van der Waals surface area contributed by atoms with Crippen molar-refractivity contribution in [3.63, 3.8) is 0 Å². The predicted octanol–water partition coefficient (Wildman–Crippen LogP) is 3.18. The fourth-order valence-corrected chi connectivity index (χ4v) is 4.51. The summed E-state index contributed by atoms with van der Waals surface area (Å²) in [6.45, 7) is 6.36. The number of likely N-dealkylation sites (tertiary alicyclic amines) is 2. The molecule has 94 valence electrons. The van der Waals surface area contributed by atoms with Gasteiger partial charge in [0.05, 0.1) is 0 Å². The van der Waals surface area contributed by atoms with E-state index in [1.807, 2.05) is 11.3 Å². The van der Waals surface area contributed by atoms with Gasteiger partial charge in [0, 0.05) is 40.4 Å². The zero-order valence-corrected chi connectivity index (χ0v) is 12.5. The third kappa shape index (κ3) is 2.92. The Morgan fingerprint density at radius 1 is 1.29 bits per heavy atom. The highest BCUT2D eigenvalue weighted by molar-refractivity contribution is 9.10. The number of hydrogen-bond acceptors (Lipinski definition) is 3. The van der Waals surface area contributed by atoms with Crippen LogP contribution < -0.4 is 0 Å². The molecule has 1 atom stereocenters. The van der Waals surface area contributed by atoms with Crippen LogP contribution >= 0.6 is 27.3 Å². The Labute approximate surface area is 116 Å². The van der Waals surface area contributed by atoms with Crippen molar-refractivity contribution >= 4 is 27.3 Å². The molecule has 2 saturated heterocycles. The predicted molar refractivity (Wildman–Crippen MR) is 76.5 cm³/mol. The van der Waals surface area contributed by atoms with Crippen LogP contribution in [0.1, 0.15) is 24.1 Å². The van der Waals surface area contributed by atoms with Crippen molar-refractivity contribution in [2.24, 2.45) is 0 Å². The van der Waals surface area contributed by atoms with Crippen molar-refractivity contribution < 1.29 is 0 Å². The number of halogens is 1. The molecule has 0 spiro atoms. The first-order valence-corrected chi connectivity index (χ1v) is 8.18. The van der Waals surface area contributed by atoms with E-state index < -0.39 is 0 Å². The quantitative estimate of drug-likeness (QED) is 0.845. The van der Waals surface area contributed by atoms with Gasteiger partial charge in [-0.1, -0.05) is 0 Å². The van der Waals surface area contributed by atoms with Crippen LogP contribution in [0.4, 0.5) is 0 Å². The van der Waals surface area contributed by atoms with Crippen molar-refractivity contribution in [2.45, 2.75) is 31.8 Å². The molecular formula is C13H19BrN2S. The summed E-state index contributed by atoms with van der Waals surface area (Å²) >= 11 is 5.40. The molecule has 0 saturated carbocycles. The summed E-state index contributed by atoms with van der Waals surface area (Å²) < 4.78 is 1.23. The standard InChI is InChI=1S/C13H19BrN2S/c14-11-7-13(17-10-11)9-15-6-3-12(8-15)16-4-1-2-5-16/h7,10,12H,1-6,8-9H2. The van der Waals surface area contributed by atoms with Crippen molar-refractivity contribution in [3.05, 3.63) is 20.8 Å². The van der Waals surface area contributed by atoms with Gasteiger partial charge in [-0.3, -0.25) is 9.80 Å². The van der Waals surface area contributed by atoms with E-state index in [1.54, 1.807) is 0 Å². The number of nitrogens with zero attached hydrogens (tertiary/aromatic N) is 2. The molecule has 0 radical (unpaired) electrons. The zero-order chi connectivity index (χ0) is 11.7. The Balaban J connectivity index is 1.53. The van der Waals surface area contributed by atoms with Gasteiger partial charge in [0.15, 0.2) is 0 Å². The first kappa shape index (κ1) is 12.2. The molecule has 17 heavy (non-hydrogen) atoms. The van der Waals surface area contributed by atoms with Crippen LogP contribution in [0, 0.1) is 0 Å². The van der Waals surface area contributed by atoms with Crippen molar-refractivity contribution in [1.82, 2.24) is 9.80 Å². The minimum Gasteiger partial charge on any atom is -0.299 e. The Bertz CT molecular complexity index is 373. The van der Waals surface area contributed by atoms with Crippen LogP contribution in [0.25, 0.3) is 0 Å². The van der Waals surface area contributed by atoms with E-state index in [0.29, 0.717) is 0 Å². The van der Waals surface area contributed by atoms with Crippen LogP contribution in [-0.4, -0.2) is 42.0 Å².